The summed E-state index contributed by atoms with van der Waals surface area (Å²) in [7, 11) is -3.79. The van der Waals surface area contributed by atoms with Gasteiger partial charge in [-0.25, -0.2) is 0 Å². The van der Waals surface area contributed by atoms with E-state index in [1.807, 2.05) is 13.8 Å². The van der Waals surface area contributed by atoms with Crippen molar-refractivity contribution in [2.24, 2.45) is 4.40 Å². The predicted molar refractivity (Wildman–Crippen MR) is 97.0 cm³/mol. The Morgan fingerprint density at radius 2 is 1.79 bits per heavy atom. The van der Waals surface area contributed by atoms with Gasteiger partial charge in [-0.3, -0.25) is 0 Å². The molecule has 0 amide bonds. The highest BCUT2D eigenvalue weighted by Crippen LogP contribution is 2.19. The van der Waals surface area contributed by atoms with Gasteiger partial charge in [0.1, 0.15) is 0 Å². The summed E-state index contributed by atoms with van der Waals surface area (Å²) in [6.45, 7) is 5.07. The Balaban J connectivity index is 2.28. The van der Waals surface area contributed by atoms with Crippen molar-refractivity contribution in [2.75, 3.05) is 13.1 Å². The van der Waals surface area contributed by atoms with Gasteiger partial charge in [0.2, 0.25) is 0 Å². The van der Waals surface area contributed by atoms with E-state index >= 15 is 0 Å². The molecule has 24 heavy (non-hydrogen) atoms. The maximum Gasteiger partial charge on any atom is 0.282 e. The zero-order valence-corrected chi connectivity index (χ0v) is 15.8. The van der Waals surface area contributed by atoms with Crippen LogP contribution < -0.4 is 5.11 Å². The number of nitrogens with zero attached hydrogens (tertiary/aromatic N) is 2. The lowest BCUT2D eigenvalue weighted by Gasteiger charge is -2.30. The Morgan fingerprint density at radius 3 is 2.33 bits per heavy atom. The minimum Gasteiger partial charge on any atom is -0.860 e. The lowest BCUT2D eigenvalue weighted by atomic mass is 10.1. The molecule has 0 heterocycles. The summed E-state index contributed by atoms with van der Waals surface area (Å²) < 4.78 is 29.1. The molecule has 1 aromatic rings. The third-order valence-corrected chi connectivity index (χ3v) is 5.28. The van der Waals surface area contributed by atoms with E-state index in [1.54, 1.807) is 29.2 Å². The van der Waals surface area contributed by atoms with Crippen molar-refractivity contribution in [3.05, 3.63) is 64.5 Å². The second-order valence-electron chi connectivity index (χ2n) is 5.05. The van der Waals surface area contributed by atoms with Gasteiger partial charge in [0.05, 0.1) is 10.6 Å². The van der Waals surface area contributed by atoms with E-state index in [-0.39, 0.29) is 16.5 Å². The Hall–Kier alpha value is -1.86. The van der Waals surface area contributed by atoms with Crippen molar-refractivity contribution in [3.63, 3.8) is 0 Å². The van der Waals surface area contributed by atoms with Crippen LogP contribution >= 0.6 is 15.9 Å². The van der Waals surface area contributed by atoms with Crippen LogP contribution in [0.4, 0.5) is 0 Å². The third-order valence-electron chi connectivity index (χ3n) is 3.48. The molecule has 0 saturated heterocycles. The Bertz CT molecular complexity index is 817. The molecule has 7 heteroatoms. The summed E-state index contributed by atoms with van der Waals surface area (Å²) in [4.78, 5) is 1.81. The van der Waals surface area contributed by atoms with Crippen LogP contribution in [-0.2, 0) is 10.0 Å². The van der Waals surface area contributed by atoms with Gasteiger partial charge in [-0.2, -0.15) is 12.8 Å². The average molecular weight is 410 g/mol. The summed E-state index contributed by atoms with van der Waals surface area (Å²) in [6.07, 6.45) is 6.25. The van der Waals surface area contributed by atoms with Crippen molar-refractivity contribution in [3.8, 4) is 0 Å². The molecule has 1 aromatic carbocycles. The van der Waals surface area contributed by atoms with E-state index < -0.39 is 10.0 Å². The van der Waals surface area contributed by atoms with E-state index in [0.717, 1.165) is 0 Å². The number of halogens is 1. The first-order chi connectivity index (χ1) is 11.4. The standard InChI is InChI=1S/C17H19BrN2O3S/c1-3-20(4-2)17(21)13-8-10-15(11-9-13)19-24(22,23)16-7-5-6-14(18)12-16/h5-12,21H,3-4H2,1-2H3/p-1. The first-order valence-corrected chi connectivity index (χ1v) is 9.73. The van der Waals surface area contributed by atoms with E-state index in [0.29, 0.717) is 23.1 Å². The molecule has 0 atom stereocenters. The van der Waals surface area contributed by atoms with E-state index in [1.165, 1.54) is 24.3 Å². The second kappa shape index (κ2) is 7.81. The summed E-state index contributed by atoms with van der Waals surface area (Å²) >= 11 is 3.24. The molecule has 1 aliphatic rings. The Kier molecular flexibility index (Phi) is 6.01. The van der Waals surface area contributed by atoms with Gasteiger partial charge >= 0.3 is 0 Å². The number of benzene rings is 1. The number of allylic oxidation sites excluding steroid dienone is 5. The molecule has 0 saturated carbocycles. The number of sulfonamides is 1. The molecule has 0 radical (unpaired) electrons. The van der Waals surface area contributed by atoms with Crippen LogP contribution in [0.25, 0.3) is 0 Å². The van der Waals surface area contributed by atoms with Crippen molar-refractivity contribution in [1.82, 2.24) is 4.90 Å². The highest BCUT2D eigenvalue weighted by molar-refractivity contribution is 9.10. The fourth-order valence-corrected chi connectivity index (χ4v) is 3.76. The molecule has 0 unspecified atom stereocenters. The molecule has 2 rings (SSSR count). The molecule has 0 aromatic heterocycles. The largest absolute Gasteiger partial charge is 0.860 e. The van der Waals surface area contributed by atoms with E-state index in [2.05, 4.69) is 20.3 Å². The molecule has 128 valence electrons. The summed E-state index contributed by atoms with van der Waals surface area (Å²) in [6, 6.07) is 6.37. The highest BCUT2D eigenvalue weighted by atomic mass is 79.9. The van der Waals surface area contributed by atoms with Gasteiger partial charge < -0.3 is 10.0 Å². The molecular weight excluding hydrogens is 392 g/mol. The maximum atomic E-state index is 12.3. The van der Waals surface area contributed by atoms with Gasteiger partial charge in [-0.05, 0) is 55.7 Å². The molecule has 0 fully saturated rings. The van der Waals surface area contributed by atoms with Gasteiger partial charge in [-0.1, -0.05) is 34.1 Å². The minimum atomic E-state index is -3.79. The van der Waals surface area contributed by atoms with Crippen LogP contribution in [0.1, 0.15) is 13.8 Å². The summed E-state index contributed by atoms with van der Waals surface area (Å²) in [5.74, 6) is -0.0820. The molecular formula is C17H18BrN2O3S-. The highest BCUT2D eigenvalue weighted by Gasteiger charge is 2.14. The average Bonchev–Trinajstić information content (AvgIpc) is 2.56. The van der Waals surface area contributed by atoms with Gasteiger partial charge in [0.25, 0.3) is 10.0 Å². The van der Waals surface area contributed by atoms with Gasteiger partial charge in [0, 0.05) is 17.6 Å². The minimum absolute atomic E-state index is 0.0820. The van der Waals surface area contributed by atoms with Crippen LogP contribution in [-0.4, -0.2) is 32.1 Å². The zero-order valence-electron chi connectivity index (χ0n) is 13.4. The van der Waals surface area contributed by atoms with Crippen LogP contribution in [0.3, 0.4) is 0 Å². The molecule has 0 N–H and O–H groups in total. The van der Waals surface area contributed by atoms with Crippen molar-refractivity contribution < 1.29 is 13.5 Å². The molecule has 1 aliphatic carbocycles. The fourth-order valence-electron chi connectivity index (χ4n) is 2.18. The van der Waals surface area contributed by atoms with E-state index in [9.17, 15) is 13.5 Å². The number of hydrogen-bond donors (Lipinski definition) is 0. The van der Waals surface area contributed by atoms with E-state index in [4.69, 9.17) is 0 Å². The van der Waals surface area contributed by atoms with Crippen LogP contribution in [0.2, 0.25) is 0 Å². The smallest absolute Gasteiger partial charge is 0.282 e. The Labute approximate surface area is 150 Å². The summed E-state index contributed by atoms with van der Waals surface area (Å²) in [5.41, 5.74) is 0.795. The van der Waals surface area contributed by atoms with Gasteiger partial charge in [-0.15, -0.1) is 0 Å². The predicted octanol–water partition coefficient (Wildman–Crippen LogP) is 2.62. The topological polar surface area (TPSA) is 72.8 Å². The molecule has 0 aliphatic heterocycles. The van der Waals surface area contributed by atoms with Crippen LogP contribution in [0.5, 0.6) is 0 Å². The lowest BCUT2D eigenvalue weighted by molar-refractivity contribution is -0.333. The van der Waals surface area contributed by atoms with Crippen LogP contribution in [0, 0.1) is 0 Å². The molecule has 5 nitrogen and oxygen atoms in total. The van der Waals surface area contributed by atoms with Gasteiger partial charge in [0.15, 0.2) is 0 Å². The number of rotatable bonds is 5. The third kappa shape index (κ3) is 4.36. The zero-order chi connectivity index (χ0) is 17.7. The quantitative estimate of drug-likeness (QED) is 0.700. The normalized spacial score (nSPS) is 14.0. The monoisotopic (exact) mass is 409 g/mol. The fraction of sp³-hybridized carbons (Fsp3) is 0.235. The number of hydrogen-bond acceptors (Lipinski definition) is 4. The molecule has 0 bridgehead atoms. The van der Waals surface area contributed by atoms with Crippen molar-refractivity contribution in [2.45, 2.75) is 18.7 Å². The lowest BCUT2D eigenvalue weighted by Crippen LogP contribution is -2.31. The molecule has 0 spiro atoms. The van der Waals surface area contributed by atoms with Crippen molar-refractivity contribution in [1.29, 1.82) is 0 Å². The Morgan fingerprint density at radius 1 is 1.17 bits per heavy atom. The first-order valence-electron chi connectivity index (χ1n) is 7.50. The van der Waals surface area contributed by atoms with Crippen molar-refractivity contribution >= 4 is 31.7 Å². The second-order valence-corrected chi connectivity index (χ2v) is 7.57. The SMILES string of the molecule is CCN(CC)C([O-])=C1C=CC(=NS(=O)(=O)c2cccc(Br)c2)C=C1. The first kappa shape index (κ1) is 18.5. The van der Waals surface area contributed by atoms with Crippen LogP contribution in [0.15, 0.2) is 73.8 Å². The maximum absolute atomic E-state index is 12.3. The summed E-state index contributed by atoms with van der Waals surface area (Å²) in [5, 5.41) is 12.2.